The average molecular weight is 325 g/mol. The maximum atomic E-state index is 4.78. The van der Waals surface area contributed by atoms with Gasteiger partial charge < -0.3 is 10.4 Å². The summed E-state index contributed by atoms with van der Waals surface area (Å²) in [6, 6.07) is 0.0501. The van der Waals surface area contributed by atoms with Gasteiger partial charge in [0, 0.05) is 28.9 Å². The summed E-state index contributed by atoms with van der Waals surface area (Å²) in [7, 11) is 0. The summed E-state index contributed by atoms with van der Waals surface area (Å²) in [5.74, 6) is 1.55. The van der Waals surface area contributed by atoms with Crippen LogP contribution in [-0.4, -0.2) is 15.0 Å². The van der Waals surface area contributed by atoms with E-state index >= 15 is 0 Å². The largest absolute Gasteiger partial charge is 0.340 e. The van der Waals surface area contributed by atoms with Crippen molar-refractivity contribution in [2.24, 2.45) is 0 Å². The van der Waals surface area contributed by atoms with Crippen molar-refractivity contribution in [1.29, 1.82) is 0 Å². The number of nitrogens with zero attached hydrogens (tertiary/aromatic N) is 2. The van der Waals surface area contributed by atoms with E-state index in [4.69, 9.17) is 4.98 Å². The molecule has 6 heteroatoms. The highest BCUT2D eigenvalue weighted by molar-refractivity contribution is 7.13. The fraction of sp³-hybridized carbons (Fsp3) is 0.294. The number of nitrogens with one attached hydrogen (secondary N) is 3. The van der Waals surface area contributed by atoms with E-state index in [1.165, 1.54) is 24.1 Å². The third-order valence-electron chi connectivity index (χ3n) is 4.19. The lowest BCUT2D eigenvalue weighted by molar-refractivity contribution is 0.582. The summed E-state index contributed by atoms with van der Waals surface area (Å²) in [6.07, 6.45) is 10.3. The second-order valence-electron chi connectivity index (χ2n) is 5.92. The topological polar surface area (TPSA) is 65.6 Å². The quantitative estimate of drug-likeness (QED) is 0.735. The Hall–Kier alpha value is -2.18. The van der Waals surface area contributed by atoms with Crippen LogP contribution in [0.1, 0.15) is 43.1 Å². The van der Waals surface area contributed by atoms with Gasteiger partial charge in [-0.15, -0.1) is 11.3 Å². The number of aromatic amines is 1. The number of hydrogen-bond donors (Lipinski definition) is 3. The van der Waals surface area contributed by atoms with Crippen LogP contribution in [0.3, 0.4) is 0 Å². The summed E-state index contributed by atoms with van der Waals surface area (Å²) in [4.78, 5) is 12.7. The van der Waals surface area contributed by atoms with Crippen molar-refractivity contribution in [3.05, 3.63) is 59.0 Å². The first-order valence-corrected chi connectivity index (χ1v) is 8.66. The Bertz CT molecular complexity index is 794. The van der Waals surface area contributed by atoms with Gasteiger partial charge in [-0.05, 0) is 25.3 Å². The zero-order chi connectivity index (χ0) is 15.8. The number of hydrogen-bond acceptors (Lipinski definition) is 5. The summed E-state index contributed by atoms with van der Waals surface area (Å²) < 4.78 is 0. The van der Waals surface area contributed by atoms with Gasteiger partial charge >= 0.3 is 0 Å². The average Bonchev–Trinajstić information content (AvgIpc) is 2.98. The van der Waals surface area contributed by atoms with Crippen LogP contribution in [0.15, 0.2) is 47.7 Å². The van der Waals surface area contributed by atoms with Gasteiger partial charge in [-0.2, -0.15) is 0 Å². The van der Waals surface area contributed by atoms with Gasteiger partial charge in [-0.25, -0.2) is 15.4 Å². The second kappa shape index (κ2) is 5.79. The Balaban J connectivity index is 1.59. The SMILES string of the molecule is C=C/C=C\C1=C(C)NNC1c1csc(-c2ncc(C3CC3)[nH]2)n1. The van der Waals surface area contributed by atoms with E-state index in [0.29, 0.717) is 5.92 Å². The predicted octanol–water partition coefficient (Wildman–Crippen LogP) is 3.58. The number of thiazole rings is 1. The van der Waals surface area contributed by atoms with Crippen LogP contribution in [0, 0.1) is 0 Å². The monoisotopic (exact) mass is 325 g/mol. The van der Waals surface area contributed by atoms with E-state index in [1.807, 2.05) is 12.3 Å². The van der Waals surface area contributed by atoms with Crippen molar-refractivity contribution in [1.82, 2.24) is 25.8 Å². The normalized spacial score (nSPS) is 21.2. The van der Waals surface area contributed by atoms with Crippen LogP contribution in [-0.2, 0) is 0 Å². The summed E-state index contributed by atoms with van der Waals surface area (Å²) in [5.41, 5.74) is 11.0. The van der Waals surface area contributed by atoms with Crippen molar-refractivity contribution in [3.63, 3.8) is 0 Å². The van der Waals surface area contributed by atoms with E-state index < -0.39 is 0 Å². The zero-order valence-corrected chi connectivity index (χ0v) is 13.8. The highest BCUT2D eigenvalue weighted by Gasteiger charge is 2.27. The summed E-state index contributed by atoms with van der Waals surface area (Å²) in [5, 5.41) is 3.03. The number of aromatic nitrogens is 3. The molecule has 2 aromatic heterocycles. The molecule has 0 amide bonds. The fourth-order valence-electron chi connectivity index (χ4n) is 2.75. The molecular formula is C17H19N5S. The third-order valence-corrected chi connectivity index (χ3v) is 5.06. The summed E-state index contributed by atoms with van der Waals surface area (Å²) >= 11 is 1.62. The van der Waals surface area contributed by atoms with Gasteiger partial charge in [0.2, 0.25) is 0 Å². The van der Waals surface area contributed by atoms with Crippen molar-refractivity contribution >= 4 is 11.3 Å². The molecule has 3 heterocycles. The number of imidazole rings is 1. The van der Waals surface area contributed by atoms with E-state index in [9.17, 15) is 0 Å². The minimum atomic E-state index is 0.0501. The maximum absolute atomic E-state index is 4.78. The molecule has 1 aliphatic carbocycles. The Morgan fingerprint density at radius 3 is 3.04 bits per heavy atom. The molecule has 0 saturated heterocycles. The van der Waals surface area contributed by atoms with Gasteiger partial charge in [-0.1, -0.05) is 24.8 Å². The van der Waals surface area contributed by atoms with Crippen LogP contribution >= 0.6 is 11.3 Å². The molecule has 1 unspecified atom stereocenters. The number of H-pyrrole nitrogens is 1. The molecule has 4 rings (SSSR count). The lowest BCUT2D eigenvalue weighted by Gasteiger charge is -2.08. The van der Waals surface area contributed by atoms with E-state index in [2.05, 4.69) is 45.8 Å². The van der Waals surface area contributed by atoms with E-state index in [0.717, 1.165) is 22.2 Å². The molecule has 118 valence electrons. The molecule has 0 spiro atoms. The Morgan fingerprint density at radius 1 is 1.39 bits per heavy atom. The zero-order valence-electron chi connectivity index (χ0n) is 13.0. The van der Waals surface area contributed by atoms with Gasteiger partial charge in [0.1, 0.15) is 0 Å². The fourth-order valence-corrected chi connectivity index (χ4v) is 3.54. The smallest absolute Gasteiger partial charge is 0.166 e. The summed E-state index contributed by atoms with van der Waals surface area (Å²) in [6.45, 7) is 5.79. The molecule has 2 aromatic rings. The molecular weight excluding hydrogens is 306 g/mol. The molecule has 1 saturated carbocycles. The van der Waals surface area contributed by atoms with Crippen LogP contribution in [0.2, 0.25) is 0 Å². The van der Waals surface area contributed by atoms with Crippen molar-refractivity contribution in [3.8, 4) is 10.8 Å². The highest BCUT2D eigenvalue weighted by atomic mass is 32.1. The van der Waals surface area contributed by atoms with Crippen LogP contribution in [0.4, 0.5) is 0 Å². The molecule has 1 aliphatic heterocycles. The van der Waals surface area contributed by atoms with Crippen LogP contribution < -0.4 is 10.9 Å². The molecule has 5 nitrogen and oxygen atoms in total. The minimum Gasteiger partial charge on any atom is -0.340 e. The van der Waals surface area contributed by atoms with Gasteiger partial charge in [0.25, 0.3) is 0 Å². The molecule has 1 fully saturated rings. The number of rotatable bonds is 5. The van der Waals surface area contributed by atoms with Crippen molar-refractivity contribution < 1.29 is 0 Å². The Labute approximate surface area is 139 Å². The van der Waals surface area contributed by atoms with E-state index in [-0.39, 0.29) is 6.04 Å². The van der Waals surface area contributed by atoms with Gasteiger partial charge in [0.05, 0.1) is 11.7 Å². The molecule has 0 radical (unpaired) electrons. The maximum Gasteiger partial charge on any atom is 0.166 e. The number of allylic oxidation sites excluding steroid dienone is 3. The molecule has 0 bridgehead atoms. The van der Waals surface area contributed by atoms with Gasteiger partial charge in [-0.3, -0.25) is 0 Å². The Kier molecular flexibility index (Phi) is 3.63. The predicted molar refractivity (Wildman–Crippen MR) is 92.7 cm³/mol. The third kappa shape index (κ3) is 2.75. The van der Waals surface area contributed by atoms with Crippen LogP contribution in [0.25, 0.3) is 10.8 Å². The lowest BCUT2D eigenvalue weighted by atomic mass is 10.0. The second-order valence-corrected chi connectivity index (χ2v) is 6.77. The van der Waals surface area contributed by atoms with Crippen molar-refractivity contribution in [2.75, 3.05) is 0 Å². The number of hydrazine groups is 1. The van der Waals surface area contributed by atoms with E-state index in [1.54, 1.807) is 17.4 Å². The minimum absolute atomic E-state index is 0.0501. The molecule has 0 aromatic carbocycles. The lowest BCUT2D eigenvalue weighted by Crippen LogP contribution is -2.26. The molecule has 23 heavy (non-hydrogen) atoms. The Morgan fingerprint density at radius 2 is 2.26 bits per heavy atom. The first kappa shape index (κ1) is 14.4. The molecule has 3 N–H and O–H groups in total. The standard InChI is InChI=1S/C17H19N5S/c1-3-4-5-12-10(2)21-22-15(12)14-9-23-17(20-14)16-18-8-13(19-16)11-6-7-11/h3-5,8-9,11,15,21-22H,1,6-7H2,2H3,(H,18,19)/b5-4-. The van der Waals surface area contributed by atoms with Gasteiger partial charge in [0.15, 0.2) is 10.8 Å². The molecule has 2 aliphatic rings. The first-order valence-electron chi connectivity index (χ1n) is 7.78. The van der Waals surface area contributed by atoms with Crippen molar-refractivity contribution in [2.45, 2.75) is 31.7 Å². The highest BCUT2D eigenvalue weighted by Crippen LogP contribution is 2.40. The first-order chi connectivity index (χ1) is 11.3. The molecule has 1 atom stereocenters. The van der Waals surface area contributed by atoms with Crippen LogP contribution in [0.5, 0.6) is 0 Å².